The van der Waals surface area contributed by atoms with Gasteiger partial charge in [0.05, 0.1) is 21.5 Å². The van der Waals surface area contributed by atoms with Gasteiger partial charge in [0.25, 0.3) is 0 Å². The van der Waals surface area contributed by atoms with Crippen LogP contribution in [0.25, 0.3) is 0 Å². The van der Waals surface area contributed by atoms with E-state index in [4.69, 9.17) is 23.2 Å². The maximum absolute atomic E-state index is 13.4. The van der Waals surface area contributed by atoms with Gasteiger partial charge in [0.15, 0.2) is 0 Å². The Hall–Kier alpha value is -1.90. The number of hydrogen-bond acceptors (Lipinski definition) is 3. The van der Waals surface area contributed by atoms with Crippen molar-refractivity contribution in [1.82, 2.24) is 4.31 Å². The number of amides is 1. The summed E-state index contributed by atoms with van der Waals surface area (Å²) in [4.78, 5) is 12.9. The van der Waals surface area contributed by atoms with Crippen LogP contribution in [0.1, 0.15) is 16.7 Å². The summed E-state index contributed by atoms with van der Waals surface area (Å²) in [5.74, 6) is -0.448. The molecule has 0 heterocycles. The van der Waals surface area contributed by atoms with E-state index in [1.807, 2.05) is 32.0 Å². The Balaban J connectivity index is 1.90. The Kier molecular flexibility index (Phi) is 8.01. The van der Waals surface area contributed by atoms with Gasteiger partial charge in [0.2, 0.25) is 15.9 Å². The number of aryl methyl sites for hydroxylation is 2. The Morgan fingerprint density at radius 2 is 1.56 bits per heavy atom. The Labute approximate surface area is 206 Å². The maximum atomic E-state index is 13.4. The molecule has 3 aromatic carbocycles. The number of carbonyl (C=O) groups excluding carboxylic acids is 1. The summed E-state index contributed by atoms with van der Waals surface area (Å²) in [7, 11) is -3.97. The number of benzene rings is 3. The van der Waals surface area contributed by atoms with Gasteiger partial charge in [-0.15, -0.1) is 0 Å². The van der Waals surface area contributed by atoms with Crippen LogP contribution in [0.15, 0.2) is 70.0 Å². The van der Waals surface area contributed by atoms with Crippen molar-refractivity contribution in [3.63, 3.8) is 0 Å². The SMILES string of the molecule is Cc1cc(C)cc(NC(=O)CN(Cc2ccc(Cl)c(Cl)c2)S(=O)(=O)c2ccc(Br)cc2)c1. The summed E-state index contributed by atoms with van der Waals surface area (Å²) in [5, 5.41) is 3.47. The van der Waals surface area contributed by atoms with E-state index in [2.05, 4.69) is 21.2 Å². The summed E-state index contributed by atoms with van der Waals surface area (Å²) in [6.45, 7) is 3.44. The fourth-order valence-electron chi connectivity index (χ4n) is 3.23. The lowest BCUT2D eigenvalue weighted by molar-refractivity contribution is -0.116. The van der Waals surface area contributed by atoms with Crippen molar-refractivity contribution in [2.24, 2.45) is 0 Å². The van der Waals surface area contributed by atoms with Crippen LogP contribution in [0.4, 0.5) is 5.69 Å². The van der Waals surface area contributed by atoms with Crippen molar-refractivity contribution < 1.29 is 13.2 Å². The molecule has 0 saturated carbocycles. The molecule has 32 heavy (non-hydrogen) atoms. The molecule has 0 saturated heterocycles. The van der Waals surface area contributed by atoms with Crippen LogP contribution in [0, 0.1) is 13.8 Å². The predicted octanol–water partition coefficient (Wildman–Crippen LogP) is 6.20. The molecule has 168 valence electrons. The fourth-order valence-corrected chi connectivity index (χ4v) is 5.20. The second-order valence-electron chi connectivity index (χ2n) is 7.40. The summed E-state index contributed by atoms with van der Waals surface area (Å²) in [6, 6.07) is 16.8. The molecule has 3 rings (SSSR count). The minimum Gasteiger partial charge on any atom is -0.325 e. The number of halogens is 3. The topological polar surface area (TPSA) is 66.5 Å². The molecular formula is C23H21BrCl2N2O3S. The molecule has 0 aliphatic carbocycles. The van der Waals surface area contributed by atoms with Gasteiger partial charge >= 0.3 is 0 Å². The van der Waals surface area contributed by atoms with Crippen molar-refractivity contribution >= 4 is 60.7 Å². The fraction of sp³-hybridized carbons (Fsp3) is 0.174. The molecule has 1 N–H and O–H groups in total. The summed E-state index contributed by atoms with van der Waals surface area (Å²) < 4.78 is 28.6. The lowest BCUT2D eigenvalue weighted by atomic mass is 10.1. The highest BCUT2D eigenvalue weighted by molar-refractivity contribution is 9.10. The quantitative estimate of drug-likeness (QED) is 0.377. The van der Waals surface area contributed by atoms with Crippen LogP contribution in [0.3, 0.4) is 0 Å². The lowest BCUT2D eigenvalue weighted by Crippen LogP contribution is -2.37. The number of hydrogen-bond donors (Lipinski definition) is 1. The van der Waals surface area contributed by atoms with Gasteiger partial charge in [-0.25, -0.2) is 8.42 Å². The highest BCUT2D eigenvalue weighted by atomic mass is 79.9. The van der Waals surface area contributed by atoms with Crippen molar-refractivity contribution in [3.8, 4) is 0 Å². The Morgan fingerprint density at radius 1 is 0.938 bits per heavy atom. The smallest absolute Gasteiger partial charge is 0.243 e. The van der Waals surface area contributed by atoms with E-state index < -0.39 is 15.9 Å². The highest BCUT2D eigenvalue weighted by Crippen LogP contribution is 2.26. The second kappa shape index (κ2) is 10.4. The second-order valence-corrected chi connectivity index (χ2v) is 11.1. The number of sulfonamides is 1. The van der Waals surface area contributed by atoms with Gasteiger partial charge in [-0.1, -0.05) is 51.3 Å². The number of anilines is 1. The predicted molar refractivity (Wildman–Crippen MR) is 133 cm³/mol. The van der Waals surface area contributed by atoms with Gasteiger partial charge < -0.3 is 5.32 Å². The Bertz CT molecular complexity index is 1230. The standard InChI is InChI=1S/C23H21BrCl2N2O3S/c1-15-9-16(2)11-19(10-15)27-23(29)14-28(13-17-3-8-21(25)22(26)12-17)32(30,31)20-6-4-18(24)5-7-20/h3-12H,13-14H2,1-2H3,(H,27,29). The molecule has 0 spiro atoms. The van der Waals surface area contributed by atoms with Crippen LogP contribution in [0.5, 0.6) is 0 Å². The van der Waals surface area contributed by atoms with Crippen LogP contribution >= 0.6 is 39.1 Å². The largest absolute Gasteiger partial charge is 0.325 e. The third-order valence-electron chi connectivity index (χ3n) is 4.62. The summed E-state index contributed by atoms with van der Waals surface area (Å²) in [5.41, 5.74) is 3.22. The zero-order valence-electron chi connectivity index (χ0n) is 17.4. The molecule has 1 amide bonds. The van der Waals surface area contributed by atoms with Crippen LogP contribution in [0.2, 0.25) is 10.0 Å². The molecule has 0 atom stereocenters. The third-order valence-corrected chi connectivity index (χ3v) is 7.69. The highest BCUT2D eigenvalue weighted by Gasteiger charge is 2.27. The van der Waals surface area contributed by atoms with Gasteiger partial charge in [-0.2, -0.15) is 4.31 Å². The first kappa shape index (κ1) is 24.7. The molecule has 0 unspecified atom stereocenters. The first-order valence-corrected chi connectivity index (χ1v) is 12.6. The van der Waals surface area contributed by atoms with E-state index >= 15 is 0 Å². The summed E-state index contributed by atoms with van der Waals surface area (Å²) in [6.07, 6.45) is 0. The summed E-state index contributed by atoms with van der Waals surface area (Å²) >= 11 is 15.4. The normalized spacial score (nSPS) is 11.6. The molecule has 0 bridgehead atoms. The van der Waals surface area contributed by atoms with E-state index in [1.165, 1.54) is 12.1 Å². The van der Waals surface area contributed by atoms with Crippen molar-refractivity contribution in [1.29, 1.82) is 0 Å². The third kappa shape index (κ3) is 6.33. The van der Waals surface area contributed by atoms with E-state index in [0.29, 0.717) is 21.3 Å². The zero-order valence-corrected chi connectivity index (χ0v) is 21.3. The van der Waals surface area contributed by atoms with Crippen LogP contribution < -0.4 is 5.32 Å². The van der Waals surface area contributed by atoms with Crippen LogP contribution in [-0.2, 0) is 21.4 Å². The maximum Gasteiger partial charge on any atom is 0.243 e. The van der Waals surface area contributed by atoms with E-state index in [0.717, 1.165) is 19.9 Å². The van der Waals surface area contributed by atoms with E-state index in [-0.39, 0.29) is 18.0 Å². The molecule has 0 fully saturated rings. The van der Waals surface area contributed by atoms with Crippen molar-refractivity contribution in [3.05, 3.63) is 91.9 Å². The molecule has 0 aliphatic rings. The number of nitrogens with one attached hydrogen (secondary N) is 1. The van der Waals surface area contributed by atoms with E-state index in [9.17, 15) is 13.2 Å². The number of nitrogens with zero attached hydrogens (tertiary/aromatic N) is 1. The molecule has 0 radical (unpaired) electrons. The Morgan fingerprint density at radius 3 is 2.16 bits per heavy atom. The van der Waals surface area contributed by atoms with Gasteiger partial charge in [-0.05, 0) is 79.1 Å². The first-order chi connectivity index (χ1) is 15.0. The van der Waals surface area contributed by atoms with Crippen molar-refractivity contribution in [2.45, 2.75) is 25.3 Å². The number of rotatable bonds is 7. The molecule has 0 aromatic heterocycles. The van der Waals surface area contributed by atoms with Gasteiger partial charge in [0.1, 0.15) is 0 Å². The monoisotopic (exact) mass is 554 g/mol. The van der Waals surface area contributed by atoms with Crippen LogP contribution in [-0.4, -0.2) is 25.2 Å². The zero-order chi connectivity index (χ0) is 23.5. The minimum absolute atomic E-state index is 0.0461. The molecular weight excluding hydrogens is 535 g/mol. The molecule has 9 heteroatoms. The average Bonchev–Trinajstić information content (AvgIpc) is 2.69. The van der Waals surface area contributed by atoms with Crippen molar-refractivity contribution in [2.75, 3.05) is 11.9 Å². The molecule has 3 aromatic rings. The lowest BCUT2D eigenvalue weighted by Gasteiger charge is -2.22. The average molecular weight is 556 g/mol. The number of carbonyl (C=O) groups is 1. The minimum atomic E-state index is -3.97. The first-order valence-electron chi connectivity index (χ1n) is 9.62. The van der Waals surface area contributed by atoms with E-state index in [1.54, 1.807) is 30.3 Å². The molecule has 5 nitrogen and oxygen atoms in total. The van der Waals surface area contributed by atoms with Gasteiger partial charge in [0, 0.05) is 16.7 Å². The molecule has 0 aliphatic heterocycles. The van der Waals surface area contributed by atoms with Gasteiger partial charge in [-0.3, -0.25) is 4.79 Å².